The number of nitro groups is 1. The Morgan fingerprint density at radius 2 is 2.20 bits per heavy atom. The van der Waals surface area contributed by atoms with Crippen LogP contribution in [0.3, 0.4) is 0 Å². The van der Waals surface area contributed by atoms with E-state index in [0.29, 0.717) is 26.1 Å². The highest BCUT2D eigenvalue weighted by molar-refractivity contribution is 5.97. The Balaban J connectivity index is 1.99. The van der Waals surface area contributed by atoms with Gasteiger partial charge in [0.15, 0.2) is 11.5 Å². The van der Waals surface area contributed by atoms with Gasteiger partial charge in [-0.05, 0) is 38.4 Å². The molecule has 1 aromatic carbocycles. The normalized spacial score (nSPS) is 17.9. The maximum Gasteiger partial charge on any atom is 0.311 e. The molecular formula is C17H22N2O6. The van der Waals surface area contributed by atoms with Crippen molar-refractivity contribution >= 4 is 17.4 Å². The average Bonchev–Trinajstić information content (AvgIpc) is 2.60. The van der Waals surface area contributed by atoms with E-state index in [1.165, 1.54) is 18.2 Å². The zero-order valence-corrected chi connectivity index (χ0v) is 14.1. The van der Waals surface area contributed by atoms with Crippen LogP contribution < -0.4 is 4.74 Å². The lowest BCUT2D eigenvalue weighted by atomic mass is 9.98. The summed E-state index contributed by atoms with van der Waals surface area (Å²) in [5.41, 5.74) is 0.0403. The molecule has 0 aromatic heterocycles. The lowest BCUT2D eigenvalue weighted by Crippen LogP contribution is -2.39. The molecule has 1 unspecified atom stereocenters. The third-order valence-corrected chi connectivity index (χ3v) is 4.29. The molecule has 1 atom stereocenters. The molecule has 0 saturated carbocycles. The molecule has 0 aliphatic carbocycles. The molecule has 0 radical (unpaired) electrons. The fourth-order valence-corrected chi connectivity index (χ4v) is 2.98. The van der Waals surface area contributed by atoms with Gasteiger partial charge in [0.05, 0.1) is 17.4 Å². The van der Waals surface area contributed by atoms with Crippen molar-refractivity contribution in [3.63, 3.8) is 0 Å². The summed E-state index contributed by atoms with van der Waals surface area (Å²) in [6, 6.07) is 4.20. The average molecular weight is 350 g/mol. The Morgan fingerprint density at radius 3 is 2.84 bits per heavy atom. The quantitative estimate of drug-likeness (QED) is 0.435. The van der Waals surface area contributed by atoms with E-state index in [0.717, 1.165) is 13.0 Å². The largest absolute Gasteiger partial charge is 0.487 e. The molecule has 0 spiro atoms. The summed E-state index contributed by atoms with van der Waals surface area (Å²) in [6.45, 7) is 3.68. The number of ketones is 1. The van der Waals surface area contributed by atoms with Gasteiger partial charge in [-0.25, -0.2) is 0 Å². The molecule has 2 rings (SSSR count). The van der Waals surface area contributed by atoms with E-state index in [9.17, 15) is 19.7 Å². The molecule has 1 aliphatic heterocycles. The van der Waals surface area contributed by atoms with Gasteiger partial charge >= 0.3 is 11.7 Å². The Hall–Kier alpha value is -2.48. The van der Waals surface area contributed by atoms with Crippen LogP contribution in [0.15, 0.2) is 18.2 Å². The van der Waals surface area contributed by atoms with Gasteiger partial charge in [0.25, 0.3) is 0 Å². The first-order valence-corrected chi connectivity index (χ1v) is 8.32. The zero-order chi connectivity index (χ0) is 18.4. The van der Waals surface area contributed by atoms with E-state index >= 15 is 0 Å². The highest BCUT2D eigenvalue weighted by atomic mass is 16.6. The predicted molar refractivity (Wildman–Crippen MR) is 90.0 cm³/mol. The number of carbonyl (C=O) groups is 2. The van der Waals surface area contributed by atoms with Gasteiger partial charge in [-0.3, -0.25) is 19.7 Å². The molecule has 25 heavy (non-hydrogen) atoms. The monoisotopic (exact) mass is 350 g/mol. The van der Waals surface area contributed by atoms with Gasteiger partial charge in [0.1, 0.15) is 0 Å². The standard InChI is InChI=1S/C17H22N2O6/c1-2-25-16-6-5-12(10-14(16)19(23)24)15(20)7-9-18-8-3-4-13(11-18)17(21)22/h5-6,10,13H,2-4,7-9,11H2,1H3,(H,21,22). The van der Waals surface area contributed by atoms with Crippen molar-refractivity contribution in [3.8, 4) is 5.75 Å². The lowest BCUT2D eigenvalue weighted by Gasteiger charge is -2.30. The lowest BCUT2D eigenvalue weighted by molar-refractivity contribution is -0.385. The fraction of sp³-hybridized carbons (Fsp3) is 0.529. The van der Waals surface area contributed by atoms with Gasteiger partial charge < -0.3 is 14.7 Å². The van der Waals surface area contributed by atoms with Gasteiger partial charge in [0.2, 0.25) is 0 Å². The first-order chi connectivity index (χ1) is 11.9. The highest BCUT2D eigenvalue weighted by Crippen LogP contribution is 2.28. The number of piperidine rings is 1. The molecule has 1 N–H and O–H groups in total. The summed E-state index contributed by atoms with van der Waals surface area (Å²) in [5, 5.41) is 20.2. The van der Waals surface area contributed by atoms with Crippen molar-refractivity contribution in [1.29, 1.82) is 0 Å². The van der Waals surface area contributed by atoms with Crippen molar-refractivity contribution in [3.05, 3.63) is 33.9 Å². The Bertz CT molecular complexity index is 661. The maximum atomic E-state index is 12.3. The van der Waals surface area contributed by atoms with Gasteiger partial charge in [-0.2, -0.15) is 0 Å². The van der Waals surface area contributed by atoms with E-state index < -0.39 is 16.8 Å². The Kier molecular flexibility index (Phi) is 6.46. The zero-order valence-electron chi connectivity index (χ0n) is 14.1. The van der Waals surface area contributed by atoms with Crippen LogP contribution in [0.5, 0.6) is 5.75 Å². The number of aliphatic carboxylic acids is 1. The van der Waals surface area contributed by atoms with Crippen LogP contribution in [0.2, 0.25) is 0 Å². The number of nitro benzene ring substituents is 1. The van der Waals surface area contributed by atoms with Crippen LogP contribution in [0.25, 0.3) is 0 Å². The van der Waals surface area contributed by atoms with Crippen LogP contribution in [0, 0.1) is 16.0 Å². The second kappa shape index (κ2) is 8.57. The third kappa shape index (κ3) is 4.99. The molecule has 1 saturated heterocycles. The van der Waals surface area contributed by atoms with Crippen LogP contribution in [0.4, 0.5) is 5.69 Å². The number of hydrogen-bond donors (Lipinski definition) is 1. The number of hydrogen-bond acceptors (Lipinski definition) is 6. The number of Topliss-reactive ketones (excluding diaryl/α,β-unsaturated/α-hetero) is 1. The predicted octanol–water partition coefficient (Wildman–Crippen LogP) is 2.36. The van der Waals surface area contributed by atoms with E-state index in [4.69, 9.17) is 9.84 Å². The molecule has 1 heterocycles. The first kappa shape index (κ1) is 18.9. The van der Waals surface area contributed by atoms with E-state index in [-0.39, 0.29) is 29.2 Å². The Morgan fingerprint density at radius 1 is 1.44 bits per heavy atom. The van der Waals surface area contributed by atoms with Gasteiger partial charge in [0, 0.05) is 31.1 Å². The number of nitrogens with zero attached hydrogens (tertiary/aromatic N) is 2. The number of likely N-dealkylation sites (tertiary alicyclic amines) is 1. The smallest absolute Gasteiger partial charge is 0.311 e. The molecule has 8 heteroatoms. The summed E-state index contributed by atoms with van der Waals surface area (Å²) >= 11 is 0. The van der Waals surface area contributed by atoms with Crippen molar-refractivity contribution in [2.75, 3.05) is 26.2 Å². The molecular weight excluding hydrogens is 328 g/mol. The minimum absolute atomic E-state index is 0.143. The topological polar surface area (TPSA) is 110 Å². The van der Waals surface area contributed by atoms with Crippen molar-refractivity contribution in [2.45, 2.75) is 26.2 Å². The number of ether oxygens (including phenoxy) is 1. The molecule has 1 aliphatic rings. The minimum Gasteiger partial charge on any atom is -0.487 e. The second-order valence-electron chi connectivity index (χ2n) is 6.02. The molecule has 0 bridgehead atoms. The van der Waals surface area contributed by atoms with Crippen LogP contribution in [-0.4, -0.2) is 52.9 Å². The third-order valence-electron chi connectivity index (χ3n) is 4.29. The Labute approximate surface area is 145 Å². The second-order valence-corrected chi connectivity index (χ2v) is 6.02. The number of carboxylic acids is 1. The molecule has 1 aromatic rings. The molecule has 1 fully saturated rings. The summed E-state index contributed by atoms with van der Waals surface area (Å²) in [7, 11) is 0. The summed E-state index contributed by atoms with van der Waals surface area (Å²) in [4.78, 5) is 35.9. The minimum atomic E-state index is -0.807. The van der Waals surface area contributed by atoms with E-state index in [1.54, 1.807) is 6.92 Å². The van der Waals surface area contributed by atoms with Crippen LogP contribution in [-0.2, 0) is 4.79 Å². The first-order valence-electron chi connectivity index (χ1n) is 8.32. The highest BCUT2D eigenvalue weighted by Gasteiger charge is 2.26. The summed E-state index contributed by atoms with van der Waals surface area (Å²) in [6.07, 6.45) is 1.64. The van der Waals surface area contributed by atoms with Gasteiger partial charge in [-0.1, -0.05) is 0 Å². The van der Waals surface area contributed by atoms with Crippen molar-refractivity contribution in [1.82, 2.24) is 4.90 Å². The number of rotatable bonds is 8. The molecule has 8 nitrogen and oxygen atoms in total. The molecule has 0 amide bonds. The van der Waals surface area contributed by atoms with Crippen LogP contribution >= 0.6 is 0 Å². The SMILES string of the molecule is CCOc1ccc(C(=O)CCN2CCCC(C(=O)O)C2)cc1[N+](=O)[O-]. The van der Waals surface area contributed by atoms with E-state index in [2.05, 4.69) is 0 Å². The van der Waals surface area contributed by atoms with Crippen molar-refractivity contribution in [2.24, 2.45) is 5.92 Å². The fourth-order valence-electron chi connectivity index (χ4n) is 2.98. The van der Waals surface area contributed by atoms with E-state index in [1.807, 2.05) is 4.90 Å². The van der Waals surface area contributed by atoms with Crippen molar-refractivity contribution < 1.29 is 24.4 Å². The number of benzene rings is 1. The summed E-state index contributed by atoms with van der Waals surface area (Å²) < 4.78 is 5.21. The maximum absolute atomic E-state index is 12.3. The summed E-state index contributed by atoms with van der Waals surface area (Å²) in [5.74, 6) is -1.26. The van der Waals surface area contributed by atoms with Crippen LogP contribution in [0.1, 0.15) is 36.5 Å². The molecule has 136 valence electrons. The van der Waals surface area contributed by atoms with Gasteiger partial charge in [-0.15, -0.1) is 0 Å². The number of carbonyl (C=O) groups excluding carboxylic acids is 1. The number of carboxylic acid groups (broad SMARTS) is 1.